The molecule has 0 atom stereocenters. The molecule has 3 aliphatic rings. The first-order valence-corrected chi connectivity index (χ1v) is 12.2. The van der Waals surface area contributed by atoms with Gasteiger partial charge in [0, 0.05) is 35.8 Å². The molecule has 1 aromatic carbocycles. The maximum Gasteiger partial charge on any atom is 0.292 e. The molecule has 7 nitrogen and oxygen atoms in total. The van der Waals surface area contributed by atoms with Crippen molar-refractivity contribution in [2.24, 2.45) is 0 Å². The van der Waals surface area contributed by atoms with Gasteiger partial charge >= 0.3 is 0 Å². The number of nitrogens with zero attached hydrogens (tertiary/aromatic N) is 4. The van der Waals surface area contributed by atoms with E-state index in [0.29, 0.717) is 24.8 Å². The monoisotopic (exact) mass is 468 g/mol. The maximum atomic E-state index is 13.1. The largest absolute Gasteiger partial charge is 0.336 e. The van der Waals surface area contributed by atoms with E-state index in [9.17, 15) is 4.79 Å². The van der Waals surface area contributed by atoms with Crippen molar-refractivity contribution < 1.29 is 14.3 Å². The van der Waals surface area contributed by atoms with Crippen LogP contribution in [0.3, 0.4) is 0 Å². The molecule has 2 aliphatic heterocycles. The number of unbranched alkanes of at least 4 members (excludes halogenated alkanes) is 5. The zero-order valence-electron chi connectivity index (χ0n) is 18.7. The second-order valence-corrected chi connectivity index (χ2v) is 9.19. The molecule has 33 heavy (non-hydrogen) atoms. The van der Waals surface area contributed by atoms with Crippen LogP contribution in [0.5, 0.6) is 0 Å². The molecule has 0 saturated carbocycles. The molecule has 0 bridgehead atoms. The topological polar surface area (TPSA) is 69.5 Å². The fourth-order valence-electron chi connectivity index (χ4n) is 4.78. The highest BCUT2D eigenvalue weighted by atomic mass is 35.5. The molecule has 1 amide bonds. The Kier molecular flexibility index (Phi) is 6.62. The lowest BCUT2D eigenvalue weighted by atomic mass is 10.1. The van der Waals surface area contributed by atoms with Gasteiger partial charge in [0.25, 0.3) is 11.7 Å². The number of hydrogen-bond donors (Lipinski definition) is 0. The van der Waals surface area contributed by atoms with E-state index in [0.717, 1.165) is 55.6 Å². The Morgan fingerprint density at radius 1 is 1.00 bits per heavy atom. The molecular weight excluding hydrogens is 440 g/mol. The van der Waals surface area contributed by atoms with Crippen LogP contribution in [0.1, 0.15) is 55.7 Å². The second-order valence-electron chi connectivity index (χ2n) is 8.76. The van der Waals surface area contributed by atoms with E-state index in [1.165, 1.54) is 6.42 Å². The third kappa shape index (κ3) is 4.50. The Morgan fingerprint density at radius 2 is 1.70 bits per heavy atom. The lowest BCUT2D eigenvalue weighted by Gasteiger charge is -2.22. The summed E-state index contributed by atoms with van der Waals surface area (Å²) in [5.41, 5.74) is 2.59. The third-order valence-electron chi connectivity index (χ3n) is 6.49. The van der Waals surface area contributed by atoms with Crippen molar-refractivity contribution in [2.75, 3.05) is 24.7 Å². The first-order chi connectivity index (χ1) is 16.2. The first kappa shape index (κ1) is 22.3. The Bertz CT molecular complexity index is 1050. The van der Waals surface area contributed by atoms with E-state index < -0.39 is 5.79 Å². The summed E-state index contributed by atoms with van der Waals surface area (Å²) in [7, 11) is 0. The Labute approximate surface area is 199 Å². The summed E-state index contributed by atoms with van der Waals surface area (Å²) in [4.78, 5) is 14.9. The quantitative estimate of drug-likeness (QED) is 0.471. The predicted octanol–water partition coefficient (Wildman–Crippen LogP) is 4.73. The number of amides is 1. The second kappa shape index (κ2) is 9.79. The summed E-state index contributed by atoms with van der Waals surface area (Å²) in [5, 5.41) is 9.11. The normalized spacial score (nSPS) is 18.8. The number of aromatic nitrogens is 3. The lowest BCUT2D eigenvalue weighted by molar-refractivity contribution is -0.180. The number of anilines is 1. The van der Waals surface area contributed by atoms with Gasteiger partial charge in [-0.2, -0.15) is 0 Å². The van der Waals surface area contributed by atoms with Gasteiger partial charge in [-0.1, -0.05) is 66.8 Å². The van der Waals surface area contributed by atoms with Crippen LogP contribution in [-0.2, 0) is 26.6 Å². The number of carbonyl (C=O) groups is 1. The van der Waals surface area contributed by atoms with Crippen molar-refractivity contribution in [3.63, 3.8) is 0 Å². The fourth-order valence-corrected chi connectivity index (χ4v) is 4.95. The van der Waals surface area contributed by atoms with E-state index in [-0.39, 0.29) is 11.8 Å². The average molecular weight is 469 g/mol. The van der Waals surface area contributed by atoms with Crippen molar-refractivity contribution in [1.29, 1.82) is 0 Å². The number of rotatable bonds is 10. The first-order valence-electron chi connectivity index (χ1n) is 11.8. The van der Waals surface area contributed by atoms with Crippen LogP contribution in [0.25, 0.3) is 0 Å². The number of aryl methyl sites for hydroxylation is 1. The average Bonchev–Trinajstić information content (AvgIpc) is 3.61. The zero-order valence-corrected chi connectivity index (χ0v) is 19.4. The van der Waals surface area contributed by atoms with Gasteiger partial charge in [-0.05, 0) is 31.0 Å². The Morgan fingerprint density at radius 3 is 2.45 bits per heavy atom. The van der Waals surface area contributed by atoms with Crippen LogP contribution in [0.15, 0.2) is 48.7 Å². The minimum absolute atomic E-state index is 0.131. The number of ether oxygens (including phenoxy) is 2. The Balaban J connectivity index is 1.03. The van der Waals surface area contributed by atoms with Gasteiger partial charge in [-0.25, -0.2) is 0 Å². The SMILES string of the molecule is O=C1N(CCCCCCCCn2cc(C3C=CC=C3)nn2)c2ccc(Cl)cc2C12OCCO2. The molecule has 1 spiro atoms. The molecule has 0 radical (unpaired) electrons. The summed E-state index contributed by atoms with van der Waals surface area (Å²) < 4.78 is 13.5. The zero-order chi connectivity index (χ0) is 22.7. The summed E-state index contributed by atoms with van der Waals surface area (Å²) in [5.74, 6) is -1.16. The van der Waals surface area contributed by atoms with Crippen LogP contribution >= 0.6 is 11.6 Å². The number of fused-ring (bicyclic) bond motifs is 2. The molecule has 174 valence electrons. The van der Waals surface area contributed by atoms with Crippen molar-refractivity contribution >= 4 is 23.2 Å². The van der Waals surface area contributed by atoms with Gasteiger partial charge in [-0.15, -0.1) is 5.10 Å². The lowest BCUT2D eigenvalue weighted by Crippen LogP contribution is -2.41. The van der Waals surface area contributed by atoms with Gasteiger partial charge in [0.1, 0.15) is 0 Å². The molecule has 1 saturated heterocycles. The number of halogens is 1. The van der Waals surface area contributed by atoms with Crippen LogP contribution in [-0.4, -0.2) is 40.7 Å². The van der Waals surface area contributed by atoms with Crippen molar-refractivity contribution in [3.05, 3.63) is 65.0 Å². The molecule has 5 rings (SSSR count). The summed E-state index contributed by atoms with van der Waals surface area (Å²) in [6.45, 7) is 2.39. The molecule has 8 heteroatoms. The molecular formula is C25H29ClN4O3. The smallest absolute Gasteiger partial charge is 0.292 e. The molecule has 0 N–H and O–H groups in total. The van der Waals surface area contributed by atoms with Crippen LogP contribution in [0, 0.1) is 0 Å². The fraction of sp³-hybridized carbons (Fsp3) is 0.480. The molecule has 1 fully saturated rings. The Hall–Kier alpha value is -2.48. The molecule has 1 aliphatic carbocycles. The molecule has 1 aromatic heterocycles. The molecule has 3 heterocycles. The van der Waals surface area contributed by atoms with Crippen molar-refractivity contribution in [3.8, 4) is 0 Å². The summed E-state index contributed by atoms with van der Waals surface area (Å²) >= 11 is 6.18. The van der Waals surface area contributed by atoms with Crippen LogP contribution in [0.4, 0.5) is 5.69 Å². The summed E-state index contributed by atoms with van der Waals surface area (Å²) in [6.07, 6.45) is 17.0. The van der Waals surface area contributed by atoms with E-state index in [1.807, 2.05) is 35.2 Å². The van der Waals surface area contributed by atoms with Crippen molar-refractivity contribution in [1.82, 2.24) is 15.0 Å². The summed E-state index contributed by atoms with van der Waals surface area (Å²) in [6, 6.07) is 5.50. The van der Waals surface area contributed by atoms with Gasteiger partial charge in [0.15, 0.2) is 0 Å². The number of hydrogen-bond acceptors (Lipinski definition) is 5. The van der Waals surface area contributed by atoms with Crippen LogP contribution in [0.2, 0.25) is 5.02 Å². The van der Waals surface area contributed by atoms with Gasteiger partial charge in [-0.3, -0.25) is 9.48 Å². The van der Waals surface area contributed by atoms with E-state index in [1.54, 1.807) is 11.0 Å². The van der Waals surface area contributed by atoms with Crippen molar-refractivity contribution in [2.45, 2.75) is 56.8 Å². The van der Waals surface area contributed by atoms with E-state index >= 15 is 0 Å². The standard InChI is InChI=1S/C25H29ClN4O3/c26-20-11-12-23-21(17-20)25(32-15-16-33-25)24(31)30(23)14-8-4-2-1-3-7-13-29-18-22(27-28-29)19-9-5-6-10-19/h5-6,9-12,17-19H,1-4,7-8,13-16H2. The van der Waals surface area contributed by atoms with Gasteiger partial charge in [0.05, 0.1) is 24.6 Å². The highest BCUT2D eigenvalue weighted by molar-refractivity contribution is 6.31. The highest BCUT2D eigenvalue weighted by Gasteiger charge is 2.55. The predicted molar refractivity (Wildman–Crippen MR) is 126 cm³/mol. The third-order valence-corrected chi connectivity index (χ3v) is 6.72. The molecule has 0 unspecified atom stereocenters. The maximum absolute atomic E-state index is 13.1. The minimum atomic E-state index is -1.30. The molecule has 2 aromatic rings. The highest BCUT2D eigenvalue weighted by Crippen LogP contribution is 2.46. The number of carbonyl (C=O) groups excluding carboxylic acids is 1. The van der Waals surface area contributed by atoms with Crippen LogP contribution < -0.4 is 4.90 Å². The minimum Gasteiger partial charge on any atom is -0.336 e. The number of allylic oxidation sites excluding steroid dienone is 4. The van der Waals surface area contributed by atoms with E-state index in [4.69, 9.17) is 21.1 Å². The van der Waals surface area contributed by atoms with Gasteiger partial charge in [0.2, 0.25) is 0 Å². The number of benzene rings is 1. The van der Waals surface area contributed by atoms with Gasteiger partial charge < -0.3 is 14.4 Å². The van der Waals surface area contributed by atoms with E-state index in [2.05, 4.69) is 22.5 Å².